The predicted octanol–water partition coefficient (Wildman–Crippen LogP) is 1.55. The predicted molar refractivity (Wildman–Crippen MR) is 78.0 cm³/mol. The fourth-order valence-electron chi connectivity index (χ4n) is 2.31. The summed E-state index contributed by atoms with van der Waals surface area (Å²) in [4.78, 5) is 12.1. The first kappa shape index (κ1) is 15.3. The Morgan fingerprint density at radius 1 is 1.40 bits per heavy atom. The number of hydrogen-bond acceptors (Lipinski definition) is 3. The fraction of sp³-hybridized carbons (Fsp3) is 0.462. The number of benzene rings is 1. The molecule has 1 aliphatic rings. The van der Waals surface area contributed by atoms with E-state index in [-0.39, 0.29) is 18.2 Å². The lowest BCUT2D eigenvalue weighted by Gasteiger charge is -2.34. The Hall–Kier alpha value is -1.11. The van der Waals surface area contributed by atoms with E-state index >= 15 is 0 Å². The second-order valence-corrected chi connectivity index (χ2v) is 7.09. The molecule has 1 aromatic carbocycles. The summed E-state index contributed by atoms with van der Waals surface area (Å²) in [6.45, 7) is 2.39. The minimum Gasteiger partial charge on any atom is -0.353 e. The zero-order chi connectivity index (χ0) is 14.8. The van der Waals surface area contributed by atoms with Crippen molar-refractivity contribution in [3.8, 4) is 0 Å². The quantitative estimate of drug-likeness (QED) is 0.916. The summed E-state index contributed by atoms with van der Waals surface area (Å²) in [5, 5.41) is 3.09. The molecule has 0 aliphatic carbocycles. The van der Waals surface area contributed by atoms with Gasteiger partial charge in [0, 0.05) is 18.1 Å². The van der Waals surface area contributed by atoms with E-state index in [4.69, 9.17) is 11.6 Å². The normalized spacial score (nSPS) is 20.7. The Bertz CT molecular complexity index is 603. The molecular weight excluding hydrogens is 300 g/mol. The van der Waals surface area contributed by atoms with Crippen molar-refractivity contribution in [1.29, 1.82) is 0 Å². The third kappa shape index (κ3) is 2.97. The van der Waals surface area contributed by atoms with Gasteiger partial charge in [-0.15, -0.1) is 0 Å². The van der Waals surface area contributed by atoms with Crippen molar-refractivity contribution in [3.63, 3.8) is 0 Å². The molecule has 1 heterocycles. The molecule has 110 valence electrons. The number of sulfonamides is 1. The maximum atomic E-state index is 12.3. The van der Waals surface area contributed by atoms with Crippen LogP contribution in [-0.2, 0) is 14.8 Å². The van der Waals surface area contributed by atoms with E-state index in [1.54, 1.807) is 31.2 Å². The van der Waals surface area contributed by atoms with Gasteiger partial charge in [0.15, 0.2) is 0 Å². The van der Waals surface area contributed by atoms with Crippen molar-refractivity contribution in [2.45, 2.75) is 19.4 Å². The van der Waals surface area contributed by atoms with Crippen LogP contribution in [0.3, 0.4) is 0 Å². The van der Waals surface area contributed by atoms with Crippen molar-refractivity contribution < 1.29 is 13.2 Å². The molecular formula is C13H17ClN2O3S. The number of nitrogens with zero attached hydrogens (tertiary/aromatic N) is 1. The van der Waals surface area contributed by atoms with E-state index in [1.165, 1.54) is 4.31 Å². The standard InChI is InChI=1S/C13H17ClN2O3S/c1-2-9-20(18,19)16-8-7-15-13(17)12(16)10-5-3-4-6-11(10)14/h3-6,12H,2,7-9H2,1H3,(H,15,17). The first-order chi connectivity index (χ1) is 9.47. The third-order valence-electron chi connectivity index (χ3n) is 3.19. The van der Waals surface area contributed by atoms with Crippen molar-refractivity contribution >= 4 is 27.5 Å². The van der Waals surface area contributed by atoms with Crippen molar-refractivity contribution in [2.75, 3.05) is 18.8 Å². The number of hydrogen-bond donors (Lipinski definition) is 1. The highest BCUT2D eigenvalue weighted by Crippen LogP contribution is 2.31. The summed E-state index contributed by atoms with van der Waals surface area (Å²) in [6, 6.07) is 5.95. The lowest BCUT2D eigenvalue weighted by molar-refractivity contribution is -0.126. The van der Waals surface area contributed by atoms with Crippen LogP contribution in [0, 0.1) is 0 Å². The molecule has 1 N–H and O–H groups in total. The molecule has 0 aromatic heterocycles. The van der Waals surface area contributed by atoms with Gasteiger partial charge in [0.2, 0.25) is 15.9 Å². The van der Waals surface area contributed by atoms with Gasteiger partial charge < -0.3 is 5.32 Å². The van der Waals surface area contributed by atoms with Crippen LogP contribution in [0.1, 0.15) is 24.9 Å². The van der Waals surface area contributed by atoms with E-state index in [1.807, 2.05) is 0 Å². The van der Waals surface area contributed by atoms with E-state index in [0.717, 1.165) is 0 Å². The number of rotatable bonds is 4. The molecule has 1 aliphatic heterocycles. The fourth-order valence-corrected chi connectivity index (χ4v) is 4.20. The summed E-state index contributed by atoms with van der Waals surface area (Å²) in [5.41, 5.74) is 0.519. The van der Waals surface area contributed by atoms with Crippen LogP contribution < -0.4 is 5.32 Å². The Kier molecular flexibility index (Phi) is 4.67. The van der Waals surface area contributed by atoms with Crippen LogP contribution >= 0.6 is 11.6 Å². The molecule has 0 saturated carbocycles. The molecule has 0 spiro atoms. The second kappa shape index (κ2) is 6.11. The van der Waals surface area contributed by atoms with Crippen molar-refractivity contribution in [1.82, 2.24) is 9.62 Å². The van der Waals surface area contributed by atoms with Gasteiger partial charge in [-0.05, 0) is 18.1 Å². The Balaban J connectivity index is 2.45. The average molecular weight is 317 g/mol. The second-order valence-electron chi connectivity index (χ2n) is 4.64. The van der Waals surface area contributed by atoms with Gasteiger partial charge >= 0.3 is 0 Å². The largest absolute Gasteiger partial charge is 0.353 e. The molecule has 1 atom stereocenters. The van der Waals surface area contributed by atoms with Gasteiger partial charge in [-0.1, -0.05) is 36.7 Å². The van der Waals surface area contributed by atoms with Gasteiger partial charge in [0.25, 0.3) is 0 Å². The first-order valence-corrected chi connectivity index (χ1v) is 8.47. The van der Waals surface area contributed by atoms with Gasteiger partial charge in [-0.2, -0.15) is 4.31 Å². The Morgan fingerprint density at radius 2 is 2.10 bits per heavy atom. The van der Waals surface area contributed by atoms with Gasteiger partial charge in [-0.25, -0.2) is 8.42 Å². The van der Waals surface area contributed by atoms with Crippen LogP contribution in [0.4, 0.5) is 0 Å². The minimum atomic E-state index is -3.47. The van der Waals surface area contributed by atoms with Crippen LogP contribution in [0.25, 0.3) is 0 Å². The summed E-state index contributed by atoms with van der Waals surface area (Å²) in [5.74, 6) is -0.301. The van der Waals surface area contributed by atoms with Crippen LogP contribution in [0.5, 0.6) is 0 Å². The number of halogens is 1. The lowest BCUT2D eigenvalue weighted by Crippen LogP contribution is -2.52. The molecule has 1 fully saturated rings. The average Bonchev–Trinajstić information content (AvgIpc) is 2.39. The maximum Gasteiger partial charge on any atom is 0.243 e. The smallest absolute Gasteiger partial charge is 0.243 e. The molecule has 2 rings (SSSR count). The van der Waals surface area contributed by atoms with E-state index in [9.17, 15) is 13.2 Å². The van der Waals surface area contributed by atoms with E-state index < -0.39 is 16.1 Å². The topological polar surface area (TPSA) is 66.5 Å². The highest BCUT2D eigenvalue weighted by Gasteiger charge is 2.38. The molecule has 5 nitrogen and oxygen atoms in total. The summed E-state index contributed by atoms with van der Waals surface area (Å²) < 4.78 is 25.9. The number of piperazine rings is 1. The van der Waals surface area contributed by atoms with Crippen LogP contribution in [-0.4, -0.2) is 37.5 Å². The Labute approximate surface area is 124 Å². The third-order valence-corrected chi connectivity index (χ3v) is 5.56. The zero-order valence-electron chi connectivity index (χ0n) is 11.2. The summed E-state index contributed by atoms with van der Waals surface area (Å²) in [7, 11) is -3.47. The molecule has 1 aromatic rings. The summed E-state index contributed by atoms with van der Waals surface area (Å²) in [6.07, 6.45) is 0.510. The molecule has 20 heavy (non-hydrogen) atoms. The van der Waals surface area contributed by atoms with Crippen LogP contribution in [0.15, 0.2) is 24.3 Å². The SMILES string of the molecule is CCCS(=O)(=O)N1CCNC(=O)C1c1ccccc1Cl. The number of carbonyl (C=O) groups excluding carboxylic acids is 1. The van der Waals surface area contributed by atoms with Gasteiger partial charge in [-0.3, -0.25) is 4.79 Å². The Morgan fingerprint density at radius 3 is 2.75 bits per heavy atom. The number of amides is 1. The van der Waals surface area contributed by atoms with Gasteiger partial charge in [0.1, 0.15) is 6.04 Å². The number of carbonyl (C=O) groups is 1. The first-order valence-electron chi connectivity index (χ1n) is 6.49. The minimum absolute atomic E-state index is 0.0290. The maximum absolute atomic E-state index is 12.3. The summed E-state index contributed by atoms with van der Waals surface area (Å²) >= 11 is 6.11. The van der Waals surface area contributed by atoms with E-state index in [2.05, 4.69) is 5.32 Å². The lowest BCUT2D eigenvalue weighted by atomic mass is 10.0. The molecule has 1 amide bonds. The molecule has 1 saturated heterocycles. The molecule has 1 unspecified atom stereocenters. The molecule has 0 bridgehead atoms. The monoisotopic (exact) mass is 316 g/mol. The zero-order valence-corrected chi connectivity index (χ0v) is 12.7. The van der Waals surface area contributed by atoms with Gasteiger partial charge in [0.05, 0.1) is 5.75 Å². The molecule has 7 heteroatoms. The highest BCUT2D eigenvalue weighted by molar-refractivity contribution is 7.89. The van der Waals surface area contributed by atoms with Crippen molar-refractivity contribution in [2.24, 2.45) is 0 Å². The number of nitrogens with one attached hydrogen (secondary N) is 1. The van der Waals surface area contributed by atoms with Crippen molar-refractivity contribution in [3.05, 3.63) is 34.9 Å². The highest BCUT2D eigenvalue weighted by atomic mass is 35.5. The molecule has 0 radical (unpaired) electrons. The van der Waals surface area contributed by atoms with Crippen LogP contribution in [0.2, 0.25) is 5.02 Å². The van der Waals surface area contributed by atoms with E-state index in [0.29, 0.717) is 23.6 Å².